The minimum atomic E-state index is 0.0332. The van der Waals surface area contributed by atoms with Crippen LogP contribution in [-0.4, -0.2) is 19.0 Å². The second-order valence-corrected chi connectivity index (χ2v) is 6.93. The lowest BCUT2D eigenvalue weighted by molar-refractivity contribution is -0.115. The highest BCUT2D eigenvalue weighted by Crippen LogP contribution is 2.28. The summed E-state index contributed by atoms with van der Waals surface area (Å²) >= 11 is 0. The van der Waals surface area contributed by atoms with Crippen LogP contribution in [0.2, 0.25) is 0 Å². The van der Waals surface area contributed by atoms with Crippen LogP contribution in [-0.2, 0) is 11.2 Å². The predicted molar refractivity (Wildman–Crippen MR) is 109 cm³/mol. The molecule has 0 radical (unpaired) electrons. The lowest BCUT2D eigenvalue weighted by Gasteiger charge is -2.30. The van der Waals surface area contributed by atoms with Crippen LogP contribution in [0.4, 0.5) is 11.4 Å². The Morgan fingerprint density at radius 2 is 1.58 bits per heavy atom. The Kier molecular flexibility index (Phi) is 4.87. The van der Waals surface area contributed by atoms with Gasteiger partial charge in [-0.05, 0) is 47.7 Å². The van der Waals surface area contributed by atoms with Crippen molar-refractivity contribution in [1.82, 2.24) is 0 Å². The second kappa shape index (κ2) is 7.61. The Morgan fingerprint density at radius 1 is 0.846 bits per heavy atom. The van der Waals surface area contributed by atoms with Gasteiger partial charge < -0.3 is 10.2 Å². The van der Waals surface area contributed by atoms with Gasteiger partial charge in [-0.15, -0.1) is 0 Å². The first-order chi connectivity index (χ1) is 12.8. The van der Waals surface area contributed by atoms with Crippen LogP contribution in [0.5, 0.6) is 0 Å². The van der Waals surface area contributed by atoms with Gasteiger partial charge in [0.05, 0.1) is 17.8 Å². The molecule has 3 nitrogen and oxygen atoms in total. The van der Waals surface area contributed by atoms with Crippen LogP contribution >= 0.6 is 0 Å². The van der Waals surface area contributed by atoms with Gasteiger partial charge in [-0.25, -0.2) is 0 Å². The first kappa shape index (κ1) is 16.6. The first-order valence-corrected chi connectivity index (χ1v) is 9.42. The fourth-order valence-corrected chi connectivity index (χ4v) is 3.80. The molecule has 1 aliphatic rings. The quantitative estimate of drug-likeness (QED) is 0.721. The molecular formula is C23H24N2O. The highest BCUT2D eigenvalue weighted by Gasteiger charge is 2.16. The zero-order valence-electron chi connectivity index (χ0n) is 14.9. The third-order valence-electron chi connectivity index (χ3n) is 5.11. The van der Waals surface area contributed by atoms with Gasteiger partial charge in [-0.1, -0.05) is 54.6 Å². The number of amides is 1. The van der Waals surface area contributed by atoms with E-state index in [-0.39, 0.29) is 5.91 Å². The van der Waals surface area contributed by atoms with Gasteiger partial charge in [0.1, 0.15) is 0 Å². The number of hydrogen-bond acceptors (Lipinski definition) is 2. The van der Waals surface area contributed by atoms with Crippen LogP contribution in [0.1, 0.15) is 24.8 Å². The first-order valence-electron chi connectivity index (χ1n) is 9.42. The zero-order chi connectivity index (χ0) is 17.8. The molecule has 0 atom stereocenters. The van der Waals surface area contributed by atoms with E-state index in [0.717, 1.165) is 35.4 Å². The van der Waals surface area contributed by atoms with E-state index in [1.807, 2.05) is 42.5 Å². The van der Waals surface area contributed by atoms with Crippen molar-refractivity contribution in [2.24, 2.45) is 0 Å². The number of carbonyl (C=O) groups excluding carboxylic acids is 1. The van der Waals surface area contributed by atoms with Crippen LogP contribution in [0.15, 0.2) is 66.7 Å². The summed E-state index contributed by atoms with van der Waals surface area (Å²) in [7, 11) is 0. The maximum absolute atomic E-state index is 12.7. The Hall–Kier alpha value is -2.81. The molecule has 0 aliphatic carbocycles. The van der Waals surface area contributed by atoms with Crippen LogP contribution < -0.4 is 10.2 Å². The molecule has 3 heteroatoms. The number of hydrogen-bond donors (Lipinski definition) is 1. The average Bonchev–Trinajstić information content (AvgIpc) is 2.69. The molecule has 1 saturated heterocycles. The molecule has 1 amide bonds. The lowest BCUT2D eigenvalue weighted by atomic mass is 10.0. The molecule has 26 heavy (non-hydrogen) atoms. The number of fused-ring (bicyclic) bond motifs is 1. The van der Waals surface area contributed by atoms with Gasteiger partial charge in [0, 0.05) is 13.1 Å². The third kappa shape index (κ3) is 3.57. The number of rotatable bonds is 4. The molecule has 1 fully saturated rings. The Balaban J connectivity index is 1.53. The highest BCUT2D eigenvalue weighted by atomic mass is 16.1. The Morgan fingerprint density at radius 3 is 2.46 bits per heavy atom. The molecule has 0 spiro atoms. The maximum Gasteiger partial charge on any atom is 0.228 e. The van der Waals surface area contributed by atoms with E-state index in [2.05, 4.69) is 34.5 Å². The van der Waals surface area contributed by atoms with E-state index in [1.54, 1.807) is 0 Å². The van der Waals surface area contributed by atoms with E-state index >= 15 is 0 Å². The second-order valence-electron chi connectivity index (χ2n) is 6.93. The van der Waals surface area contributed by atoms with Crippen molar-refractivity contribution >= 4 is 28.1 Å². The van der Waals surface area contributed by atoms with E-state index in [4.69, 9.17) is 0 Å². The summed E-state index contributed by atoms with van der Waals surface area (Å²) in [6.07, 6.45) is 4.12. The summed E-state index contributed by atoms with van der Waals surface area (Å²) in [6.45, 7) is 2.13. The van der Waals surface area contributed by atoms with Crippen LogP contribution in [0.3, 0.4) is 0 Å². The van der Waals surface area contributed by atoms with Crippen molar-refractivity contribution < 1.29 is 4.79 Å². The third-order valence-corrected chi connectivity index (χ3v) is 5.11. The lowest BCUT2D eigenvalue weighted by Crippen LogP contribution is -2.30. The largest absolute Gasteiger partial charge is 0.370 e. The number of piperidine rings is 1. The number of anilines is 2. The predicted octanol–water partition coefficient (Wildman–Crippen LogP) is 5.01. The molecular weight excluding hydrogens is 320 g/mol. The SMILES string of the molecule is O=C(Cc1cccc2ccccc12)Nc1ccccc1N1CCCCC1. The molecule has 0 saturated carbocycles. The van der Waals surface area contributed by atoms with Gasteiger partial charge >= 0.3 is 0 Å². The van der Waals surface area contributed by atoms with Crippen molar-refractivity contribution in [2.75, 3.05) is 23.3 Å². The average molecular weight is 344 g/mol. The molecule has 3 aromatic carbocycles. The molecule has 1 heterocycles. The summed E-state index contributed by atoms with van der Waals surface area (Å²) in [5.74, 6) is 0.0332. The molecule has 132 valence electrons. The normalized spacial score (nSPS) is 14.4. The van der Waals surface area contributed by atoms with E-state index in [9.17, 15) is 4.79 Å². The van der Waals surface area contributed by atoms with Crippen LogP contribution in [0, 0.1) is 0 Å². The van der Waals surface area contributed by atoms with Gasteiger partial charge in [0.2, 0.25) is 5.91 Å². The number of benzene rings is 3. The van der Waals surface area contributed by atoms with Crippen LogP contribution in [0.25, 0.3) is 10.8 Å². The Labute approximate surface area is 154 Å². The van der Waals surface area contributed by atoms with E-state index in [1.165, 1.54) is 24.6 Å². The fraction of sp³-hybridized carbons (Fsp3) is 0.261. The molecule has 0 unspecified atom stereocenters. The van der Waals surface area contributed by atoms with Crippen molar-refractivity contribution in [3.05, 3.63) is 72.3 Å². The zero-order valence-corrected chi connectivity index (χ0v) is 14.9. The summed E-state index contributed by atoms with van der Waals surface area (Å²) in [5.41, 5.74) is 3.12. The monoisotopic (exact) mass is 344 g/mol. The number of nitrogens with zero attached hydrogens (tertiary/aromatic N) is 1. The van der Waals surface area contributed by atoms with E-state index < -0.39 is 0 Å². The summed E-state index contributed by atoms with van der Waals surface area (Å²) in [5, 5.41) is 5.46. The van der Waals surface area contributed by atoms with Gasteiger partial charge in [0.15, 0.2) is 0 Å². The maximum atomic E-state index is 12.7. The molecule has 4 rings (SSSR count). The van der Waals surface area contributed by atoms with Gasteiger partial charge in [-0.2, -0.15) is 0 Å². The number of nitrogens with one attached hydrogen (secondary N) is 1. The highest BCUT2D eigenvalue weighted by molar-refractivity contribution is 5.98. The Bertz CT molecular complexity index is 907. The van der Waals surface area contributed by atoms with Gasteiger partial charge in [0.25, 0.3) is 0 Å². The smallest absolute Gasteiger partial charge is 0.228 e. The standard InChI is InChI=1S/C23H24N2O/c26-23(17-19-11-8-10-18-9-2-3-12-20(18)19)24-21-13-4-5-14-22(21)25-15-6-1-7-16-25/h2-5,8-14H,1,6-7,15-17H2,(H,24,26). The number of para-hydroxylation sites is 2. The fourth-order valence-electron chi connectivity index (χ4n) is 3.80. The van der Waals surface area contributed by atoms with Crippen molar-refractivity contribution in [3.8, 4) is 0 Å². The van der Waals surface area contributed by atoms with Crippen molar-refractivity contribution in [3.63, 3.8) is 0 Å². The molecule has 3 aromatic rings. The van der Waals surface area contributed by atoms with Gasteiger partial charge in [-0.3, -0.25) is 4.79 Å². The summed E-state index contributed by atoms with van der Waals surface area (Å²) in [6, 6.07) is 22.5. The molecule has 0 bridgehead atoms. The molecule has 1 N–H and O–H groups in total. The summed E-state index contributed by atoms with van der Waals surface area (Å²) in [4.78, 5) is 15.1. The van der Waals surface area contributed by atoms with Crippen molar-refractivity contribution in [1.29, 1.82) is 0 Å². The minimum Gasteiger partial charge on any atom is -0.370 e. The topological polar surface area (TPSA) is 32.3 Å². The molecule has 0 aromatic heterocycles. The summed E-state index contributed by atoms with van der Waals surface area (Å²) < 4.78 is 0. The van der Waals surface area contributed by atoms with Crippen molar-refractivity contribution in [2.45, 2.75) is 25.7 Å². The number of carbonyl (C=O) groups is 1. The molecule has 1 aliphatic heterocycles. The minimum absolute atomic E-state index is 0.0332. The van der Waals surface area contributed by atoms with E-state index in [0.29, 0.717) is 6.42 Å².